The lowest BCUT2D eigenvalue weighted by Gasteiger charge is -2.01. The van der Waals surface area contributed by atoms with Crippen LogP contribution in [0.2, 0.25) is 0 Å². The first-order valence-corrected chi connectivity index (χ1v) is 7.24. The Morgan fingerprint density at radius 2 is 2.33 bits per heavy atom. The van der Waals surface area contributed by atoms with Crippen molar-refractivity contribution >= 4 is 33.3 Å². The van der Waals surface area contributed by atoms with Crippen LogP contribution >= 0.6 is 23.1 Å². The van der Waals surface area contributed by atoms with Crippen LogP contribution in [0.3, 0.4) is 0 Å². The maximum atomic E-state index is 11.3. The first-order chi connectivity index (χ1) is 8.52. The number of thioether (sulfide) groups is 1. The van der Waals surface area contributed by atoms with E-state index in [0.717, 1.165) is 16.0 Å². The second-order valence-electron chi connectivity index (χ2n) is 4.30. The summed E-state index contributed by atoms with van der Waals surface area (Å²) in [5.41, 5.74) is 0.502. The molecule has 2 rings (SSSR count). The van der Waals surface area contributed by atoms with Crippen LogP contribution in [0.1, 0.15) is 19.4 Å². The van der Waals surface area contributed by atoms with Gasteiger partial charge in [-0.25, -0.2) is 0 Å². The normalized spacial score (nSPS) is 11.0. The quantitative estimate of drug-likeness (QED) is 0.847. The van der Waals surface area contributed by atoms with Gasteiger partial charge in [-0.15, -0.1) is 23.1 Å². The Labute approximate surface area is 112 Å². The maximum Gasteiger partial charge on any atom is 0.252 e. The van der Waals surface area contributed by atoms with Crippen LogP contribution in [0.5, 0.6) is 5.75 Å². The number of nitriles is 1. The third-order valence-electron chi connectivity index (χ3n) is 2.28. The van der Waals surface area contributed by atoms with Gasteiger partial charge in [0.25, 0.3) is 5.56 Å². The van der Waals surface area contributed by atoms with E-state index in [1.165, 1.54) is 11.3 Å². The molecule has 6 heteroatoms. The monoisotopic (exact) mass is 280 g/mol. The number of hydrogen-bond acceptors (Lipinski definition) is 5. The molecule has 0 aliphatic carbocycles. The minimum Gasteiger partial charge on any atom is -0.506 e. The third-order valence-corrected chi connectivity index (χ3v) is 5.19. The minimum atomic E-state index is -0.394. The maximum absolute atomic E-state index is 11.3. The molecule has 0 spiro atoms. The van der Waals surface area contributed by atoms with E-state index in [9.17, 15) is 15.2 Å². The number of thiophene rings is 1. The summed E-state index contributed by atoms with van der Waals surface area (Å²) >= 11 is 2.93. The van der Waals surface area contributed by atoms with Gasteiger partial charge in [-0.3, -0.25) is 4.79 Å². The molecule has 0 aromatic carbocycles. The van der Waals surface area contributed by atoms with Gasteiger partial charge in [0, 0.05) is 11.8 Å². The second-order valence-corrected chi connectivity index (χ2v) is 6.61. The lowest BCUT2D eigenvalue weighted by Crippen LogP contribution is -2.02. The van der Waals surface area contributed by atoms with Crippen molar-refractivity contribution in [1.82, 2.24) is 4.98 Å². The van der Waals surface area contributed by atoms with E-state index >= 15 is 0 Å². The molecule has 94 valence electrons. The predicted octanol–water partition coefficient (Wildman–Crippen LogP) is 2.91. The van der Waals surface area contributed by atoms with E-state index in [2.05, 4.69) is 24.9 Å². The standard InChI is InChI=1S/C12H12N2O2S2/c1-6(2)5-17-12-7(4-13)10-11(18-12)8(15)3-9(16)14-10/h3,6H,5H2,1-2H3,(H2,14,15,16). The molecule has 2 aromatic heterocycles. The molecular weight excluding hydrogens is 268 g/mol. The molecule has 4 nitrogen and oxygen atoms in total. The number of hydrogen-bond donors (Lipinski definition) is 2. The average Bonchev–Trinajstić information content (AvgIpc) is 2.64. The fraction of sp³-hybridized carbons (Fsp3) is 0.333. The molecular formula is C12H12N2O2S2. The molecule has 0 radical (unpaired) electrons. The number of nitrogens with one attached hydrogen (secondary N) is 1. The van der Waals surface area contributed by atoms with Crippen LogP contribution in [-0.4, -0.2) is 15.8 Å². The Bertz CT molecular complexity index is 680. The van der Waals surface area contributed by atoms with Gasteiger partial charge in [-0.1, -0.05) is 13.8 Å². The number of aromatic nitrogens is 1. The van der Waals surface area contributed by atoms with Crippen LogP contribution in [0.15, 0.2) is 15.1 Å². The Hall–Kier alpha value is -1.45. The predicted molar refractivity (Wildman–Crippen MR) is 74.4 cm³/mol. The van der Waals surface area contributed by atoms with Crippen molar-refractivity contribution in [3.8, 4) is 11.8 Å². The van der Waals surface area contributed by atoms with Crippen molar-refractivity contribution in [3.05, 3.63) is 22.0 Å². The molecule has 0 amide bonds. The summed E-state index contributed by atoms with van der Waals surface area (Å²) in [5.74, 6) is 1.35. The molecule has 0 unspecified atom stereocenters. The lowest BCUT2D eigenvalue weighted by molar-refractivity contribution is 0.481. The zero-order valence-electron chi connectivity index (χ0n) is 9.98. The van der Waals surface area contributed by atoms with Crippen molar-refractivity contribution in [2.75, 3.05) is 5.75 Å². The third kappa shape index (κ3) is 2.37. The van der Waals surface area contributed by atoms with Gasteiger partial charge in [0.05, 0.1) is 14.4 Å². The van der Waals surface area contributed by atoms with Gasteiger partial charge in [-0.05, 0) is 5.92 Å². The number of aromatic hydroxyl groups is 1. The summed E-state index contributed by atoms with van der Waals surface area (Å²) < 4.78 is 1.41. The van der Waals surface area contributed by atoms with E-state index in [1.807, 2.05) is 0 Å². The van der Waals surface area contributed by atoms with E-state index < -0.39 is 5.56 Å². The molecule has 0 saturated carbocycles. The number of fused-ring (bicyclic) bond motifs is 1. The summed E-state index contributed by atoms with van der Waals surface area (Å²) in [6.07, 6.45) is 0. The highest BCUT2D eigenvalue weighted by Gasteiger charge is 2.16. The van der Waals surface area contributed by atoms with Crippen molar-refractivity contribution in [1.29, 1.82) is 5.26 Å². The van der Waals surface area contributed by atoms with E-state index in [-0.39, 0.29) is 5.75 Å². The van der Waals surface area contributed by atoms with Crippen LogP contribution < -0.4 is 5.56 Å². The summed E-state index contributed by atoms with van der Waals surface area (Å²) in [4.78, 5) is 13.9. The highest BCUT2D eigenvalue weighted by atomic mass is 32.2. The number of nitrogens with zero attached hydrogens (tertiary/aromatic N) is 1. The topological polar surface area (TPSA) is 76.9 Å². The molecule has 0 atom stereocenters. The molecule has 0 saturated heterocycles. The van der Waals surface area contributed by atoms with Crippen LogP contribution in [-0.2, 0) is 0 Å². The second kappa shape index (κ2) is 5.04. The Kier molecular flexibility index (Phi) is 3.64. The largest absolute Gasteiger partial charge is 0.506 e. The summed E-state index contributed by atoms with van der Waals surface area (Å²) in [7, 11) is 0. The summed E-state index contributed by atoms with van der Waals surface area (Å²) in [6.45, 7) is 4.21. The fourth-order valence-corrected chi connectivity index (χ4v) is 3.82. The van der Waals surface area contributed by atoms with Crippen molar-refractivity contribution in [3.63, 3.8) is 0 Å². The summed E-state index contributed by atoms with van der Waals surface area (Å²) in [5, 5.41) is 18.9. The van der Waals surface area contributed by atoms with Gasteiger partial charge in [-0.2, -0.15) is 5.26 Å². The smallest absolute Gasteiger partial charge is 0.252 e. The molecule has 0 aliphatic rings. The van der Waals surface area contributed by atoms with Crippen molar-refractivity contribution in [2.45, 2.75) is 18.1 Å². The zero-order chi connectivity index (χ0) is 13.3. The molecule has 0 bridgehead atoms. The van der Waals surface area contributed by atoms with Crippen LogP contribution in [0, 0.1) is 17.2 Å². The van der Waals surface area contributed by atoms with Crippen LogP contribution in [0.25, 0.3) is 10.2 Å². The Balaban J connectivity index is 2.59. The minimum absolute atomic E-state index is 0.0633. The molecule has 0 aliphatic heterocycles. The zero-order valence-corrected chi connectivity index (χ0v) is 11.6. The lowest BCUT2D eigenvalue weighted by atomic mass is 10.3. The molecule has 2 aromatic rings. The fourth-order valence-electron chi connectivity index (χ4n) is 1.50. The van der Waals surface area contributed by atoms with Gasteiger partial charge in [0.2, 0.25) is 0 Å². The first kappa shape index (κ1) is 13.0. The summed E-state index contributed by atoms with van der Waals surface area (Å²) in [6, 6.07) is 3.24. The van der Waals surface area contributed by atoms with E-state index in [1.54, 1.807) is 11.8 Å². The van der Waals surface area contributed by atoms with Crippen LogP contribution in [0.4, 0.5) is 0 Å². The van der Waals surface area contributed by atoms with E-state index in [0.29, 0.717) is 21.7 Å². The van der Waals surface area contributed by atoms with Gasteiger partial charge >= 0.3 is 0 Å². The Morgan fingerprint density at radius 1 is 1.61 bits per heavy atom. The van der Waals surface area contributed by atoms with E-state index in [4.69, 9.17) is 0 Å². The van der Waals surface area contributed by atoms with Crippen molar-refractivity contribution in [2.24, 2.45) is 5.92 Å². The SMILES string of the molecule is CC(C)CSc1sc2c(O)cc(=O)[nH]c2c1C#N. The van der Waals surface area contributed by atoms with Gasteiger partial charge in [0.15, 0.2) is 0 Å². The van der Waals surface area contributed by atoms with Gasteiger partial charge in [0.1, 0.15) is 17.4 Å². The van der Waals surface area contributed by atoms with Gasteiger partial charge < -0.3 is 10.1 Å². The molecule has 2 N–H and O–H groups in total. The highest BCUT2D eigenvalue weighted by Crippen LogP contribution is 2.40. The number of aromatic amines is 1. The molecule has 2 heterocycles. The highest BCUT2D eigenvalue weighted by molar-refractivity contribution is 8.01. The van der Waals surface area contributed by atoms with Crippen molar-refractivity contribution < 1.29 is 5.11 Å². The number of H-pyrrole nitrogens is 1. The Morgan fingerprint density at radius 3 is 2.94 bits per heavy atom. The number of rotatable bonds is 3. The molecule has 0 fully saturated rings. The first-order valence-electron chi connectivity index (χ1n) is 5.44. The molecule has 18 heavy (non-hydrogen) atoms. The average molecular weight is 280 g/mol. The number of pyridine rings is 1.